The highest BCUT2D eigenvalue weighted by molar-refractivity contribution is 9.10. The van der Waals surface area contributed by atoms with Gasteiger partial charge >= 0.3 is 0 Å². The van der Waals surface area contributed by atoms with Gasteiger partial charge in [-0.3, -0.25) is 0 Å². The number of halogens is 2. The van der Waals surface area contributed by atoms with Crippen LogP contribution in [0.15, 0.2) is 57.9 Å². The van der Waals surface area contributed by atoms with Crippen LogP contribution in [-0.2, 0) is 10.0 Å². The Labute approximate surface area is 143 Å². The van der Waals surface area contributed by atoms with Crippen molar-refractivity contribution in [3.63, 3.8) is 0 Å². The predicted molar refractivity (Wildman–Crippen MR) is 90.9 cm³/mol. The molecule has 0 aliphatic rings. The summed E-state index contributed by atoms with van der Waals surface area (Å²) in [6.45, 7) is 0.710. The third-order valence-electron chi connectivity index (χ3n) is 2.81. The van der Waals surface area contributed by atoms with Crippen molar-refractivity contribution in [3.8, 4) is 5.75 Å². The first-order chi connectivity index (χ1) is 10.5. The predicted octanol–water partition coefficient (Wildman–Crippen LogP) is 3.85. The maximum Gasteiger partial charge on any atom is 0.242 e. The molecule has 7 heteroatoms. The van der Waals surface area contributed by atoms with Gasteiger partial charge in [-0.05, 0) is 36.8 Å². The van der Waals surface area contributed by atoms with Crippen molar-refractivity contribution in [1.29, 1.82) is 0 Å². The fourth-order valence-corrected chi connectivity index (χ4v) is 3.87. The third-order valence-corrected chi connectivity index (χ3v) is 5.25. The standard InChI is InChI=1S/C15H15BrClNO3S/c16-12-7-8-15(14(17)11-12)22(19,20)18-9-4-10-21-13-5-2-1-3-6-13/h1-3,5-8,11,18H,4,9-10H2. The van der Waals surface area contributed by atoms with Crippen LogP contribution in [0.4, 0.5) is 0 Å². The first-order valence-electron chi connectivity index (χ1n) is 6.61. The van der Waals surface area contributed by atoms with Gasteiger partial charge in [0.15, 0.2) is 0 Å². The van der Waals surface area contributed by atoms with Crippen LogP contribution >= 0.6 is 27.5 Å². The van der Waals surface area contributed by atoms with Gasteiger partial charge in [0, 0.05) is 11.0 Å². The summed E-state index contributed by atoms with van der Waals surface area (Å²) >= 11 is 9.20. The molecule has 22 heavy (non-hydrogen) atoms. The molecular weight excluding hydrogens is 390 g/mol. The van der Waals surface area contributed by atoms with Crippen LogP contribution in [0.1, 0.15) is 6.42 Å². The molecule has 4 nitrogen and oxygen atoms in total. The van der Waals surface area contributed by atoms with E-state index in [-0.39, 0.29) is 16.5 Å². The zero-order valence-electron chi connectivity index (χ0n) is 11.6. The van der Waals surface area contributed by atoms with Gasteiger partial charge in [-0.15, -0.1) is 0 Å². The van der Waals surface area contributed by atoms with E-state index < -0.39 is 10.0 Å². The quantitative estimate of drug-likeness (QED) is 0.713. The fourth-order valence-electron chi connectivity index (χ4n) is 1.76. The number of benzene rings is 2. The number of ether oxygens (including phenoxy) is 1. The van der Waals surface area contributed by atoms with Gasteiger partial charge in [0.25, 0.3) is 0 Å². The van der Waals surface area contributed by atoms with E-state index in [1.807, 2.05) is 30.3 Å². The van der Waals surface area contributed by atoms with Crippen LogP contribution < -0.4 is 9.46 Å². The molecule has 0 fully saturated rings. The number of para-hydroxylation sites is 1. The smallest absolute Gasteiger partial charge is 0.242 e. The SMILES string of the molecule is O=S(=O)(NCCCOc1ccccc1)c1ccc(Br)cc1Cl. The summed E-state index contributed by atoms with van der Waals surface area (Å²) in [5, 5.41) is 0.183. The van der Waals surface area contributed by atoms with Gasteiger partial charge < -0.3 is 4.74 Å². The average molecular weight is 405 g/mol. The highest BCUT2D eigenvalue weighted by Gasteiger charge is 2.17. The normalized spacial score (nSPS) is 11.4. The van der Waals surface area contributed by atoms with Gasteiger partial charge in [0.2, 0.25) is 10.0 Å². The molecule has 0 atom stereocenters. The third kappa shape index (κ3) is 4.98. The van der Waals surface area contributed by atoms with Gasteiger partial charge in [-0.2, -0.15) is 0 Å². The second kappa shape index (κ2) is 7.97. The molecule has 0 heterocycles. The first kappa shape index (κ1) is 17.3. The summed E-state index contributed by atoms with van der Waals surface area (Å²) in [5.41, 5.74) is 0. The van der Waals surface area contributed by atoms with E-state index in [1.165, 1.54) is 6.07 Å². The Bertz CT molecular complexity index is 723. The monoisotopic (exact) mass is 403 g/mol. The molecule has 0 bridgehead atoms. The Morgan fingerprint density at radius 1 is 1.14 bits per heavy atom. The Hall–Kier alpha value is -1.08. The number of hydrogen-bond acceptors (Lipinski definition) is 3. The minimum absolute atomic E-state index is 0.0707. The van der Waals surface area contributed by atoms with E-state index >= 15 is 0 Å². The lowest BCUT2D eigenvalue weighted by atomic mass is 10.3. The van der Waals surface area contributed by atoms with Gasteiger partial charge in [0.05, 0.1) is 11.6 Å². The molecule has 2 rings (SSSR count). The Balaban J connectivity index is 1.83. The number of sulfonamides is 1. The number of nitrogens with one attached hydrogen (secondary N) is 1. The molecule has 2 aromatic carbocycles. The van der Waals surface area contributed by atoms with E-state index in [9.17, 15) is 8.42 Å². The van der Waals surface area contributed by atoms with Crippen LogP contribution in [0.25, 0.3) is 0 Å². The van der Waals surface area contributed by atoms with Crippen LogP contribution in [0.3, 0.4) is 0 Å². The van der Waals surface area contributed by atoms with Gasteiger partial charge in [0.1, 0.15) is 10.6 Å². The van der Waals surface area contributed by atoms with E-state index in [4.69, 9.17) is 16.3 Å². The van der Waals surface area contributed by atoms with E-state index in [0.717, 1.165) is 10.2 Å². The second-order valence-corrected chi connectivity index (χ2v) is 7.55. The molecule has 0 aliphatic carbocycles. The maximum atomic E-state index is 12.1. The molecule has 0 spiro atoms. The summed E-state index contributed by atoms with van der Waals surface area (Å²) in [6, 6.07) is 14.0. The first-order valence-corrected chi connectivity index (χ1v) is 9.27. The highest BCUT2D eigenvalue weighted by Crippen LogP contribution is 2.24. The molecule has 0 aliphatic heterocycles. The molecular formula is C15H15BrClNO3S. The van der Waals surface area contributed by atoms with Gasteiger partial charge in [-0.25, -0.2) is 13.1 Å². The molecule has 0 saturated heterocycles. The van der Waals surface area contributed by atoms with Crippen molar-refractivity contribution in [1.82, 2.24) is 4.72 Å². The molecule has 0 aromatic heterocycles. The molecule has 118 valence electrons. The Kier molecular flexibility index (Phi) is 6.26. The van der Waals surface area contributed by atoms with Crippen molar-refractivity contribution >= 4 is 37.6 Å². The molecule has 0 unspecified atom stereocenters. The minimum Gasteiger partial charge on any atom is -0.494 e. The van der Waals surface area contributed by atoms with Gasteiger partial charge in [-0.1, -0.05) is 45.7 Å². The largest absolute Gasteiger partial charge is 0.494 e. The van der Waals surface area contributed by atoms with Crippen molar-refractivity contribution in [3.05, 3.63) is 58.0 Å². The molecule has 2 aromatic rings. The minimum atomic E-state index is -3.61. The molecule has 1 N–H and O–H groups in total. The van der Waals surface area contributed by atoms with Crippen molar-refractivity contribution in [2.45, 2.75) is 11.3 Å². The maximum absolute atomic E-state index is 12.1. The van der Waals surface area contributed by atoms with Crippen LogP contribution in [0.5, 0.6) is 5.75 Å². The second-order valence-electron chi connectivity index (χ2n) is 4.49. The van der Waals surface area contributed by atoms with Crippen molar-refractivity contribution < 1.29 is 13.2 Å². The summed E-state index contributed by atoms with van der Waals surface area (Å²) in [4.78, 5) is 0.0707. The van der Waals surface area contributed by atoms with E-state index in [2.05, 4.69) is 20.7 Å². The summed E-state index contributed by atoms with van der Waals surface area (Å²) in [7, 11) is -3.61. The van der Waals surface area contributed by atoms with E-state index in [0.29, 0.717) is 13.0 Å². The topological polar surface area (TPSA) is 55.4 Å². The summed E-state index contributed by atoms with van der Waals surface area (Å²) < 4.78 is 33.0. The fraction of sp³-hybridized carbons (Fsp3) is 0.200. The van der Waals surface area contributed by atoms with E-state index in [1.54, 1.807) is 12.1 Å². The lowest BCUT2D eigenvalue weighted by molar-refractivity contribution is 0.311. The van der Waals surface area contributed by atoms with Crippen LogP contribution in [0.2, 0.25) is 5.02 Å². The highest BCUT2D eigenvalue weighted by atomic mass is 79.9. The molecule has 0 amide bonds. The van der Waals surface area contributed by atoms with Crippen molar-refractivity contribution in [2.24, 2.45) is 0 Å². The Morgan fingerprint density at radius 3 is 2.55 bits per heavy atom. The van der Waals surface area contributed by atoms with Crippen LogP contribution in [0, 0.1) is 0 Å². The summed E-state index contributed by atoms with van der Waals surface area (Å²) in [5.74, 6) is 0.765. The number of hydrogen-bond donors (Lipinski definition) is 1. The zero-order valence-corrected chi connectivity index (χ0v) is 14.8. The number of rotatable bonds is 7. The van der Waals surface area contributed by atoms with Crippen LogP contribution in [-0.4, -0.2) is 21.6 Å². The molecule has 0 saturated carbocycles. The lowest BCUT2D eigenvalue weighted by Gasteiger charge is -2.09. The zero-order chi connectivity index (χ0) is 16.0. The van der Waals surface area contributed by atoms with Crippen molar-refractivity contribution in [2.75, 3.05) is 13.2 Å². The molecule has 0 radical (unpaired) electrons. The average Bonchev–Trinajstić information content (AvgIpc) is 2.47. The lowest BCUT2D eigenvalue weighted by Crippen LogP contribution is -2.26. The summed E-state index contributed by atoms with van der Waals surface area (Å²) in [6.07, 6.45) is 0.558. The Morgan fingerprint density at radius 2 is 1.86 bits per heavy atom.